The van der Waals surface area contributed by atoms with Crippen molar-refractivity contribution in [2.75, 3.05) is 11.9 Å². The normalized spacial score (nSPS) is 10.2. The summed E-state index contributed by atoms with van der Waals surface area (Å²) in [5.41, 5.74) is -0.335. The summed E-state index contributed by atoms with van der Waals surface area (Å²) in [6, 6.07) is 4.48. The molecule has 0 aliphatic heterocycles. The van der Waals surface area contributed by atoms with Crippen molar-refractivity contribution in [2.24, 2.45) is 0 Å². The fourth-order valence-electron chi connectivity index (χ4n) is 1.58. The van der Waals surface area contributed by atoms with E-state index in [-0.39, 0.29) is 17.3 Å². The number of benzene rings is 1. The summed E-state index contributed by atoms with van der Waals surface area (Å²) < 4.78 is 18.5. The molecule has 0 radical (unpaired) electrons. The van der Waals surface area contributed by atoms with Gasteiger partial charge in [0.1, 0.15) is 18.0 Å². The number of halogens is 1. The Hall–Kier alpha value is -2.77. The maximum atomic E-state index is 13.2. The van der Waals surface area contributed by atoms with Crippen molar-refractivity contribution in [1.82, 2.24) is 9.97 Å². The van der Waals surface area contributed by atoms with E-state index in [2.05, 4.69) is 15.3 Å². The Morgan fingerprint density at radius 1 is 1.38 bits per heavy atom. The lowest BCUT2D eigenvalue weighted by Crippen LogP contribution is -2.02. The molecule has 0 aliphatic carbocycles. The van der Waals surface area contributed by atoms with Crippen LogP contribution in [-0.4, -0.2) is 21.4 Å². The fourth-order valence-corrected chi connectivity index (χ4v) is 1.58. The Bertz CT molecular complexity index is 651. The predicted molar refractivity (Wildman–Crippen MR) is 73.9 cm³/mol. The number of hydrogen-bond donors (Lipinski definition) is 1. The monoisotopic (exact) mass is 292 g/mol. The molecular weight excluding hydrogens is 279 g/mol. The van der Waals surface area contributed by atoms with Gasteiger partial charge in [-0.05, 0) is 12.5 Å². The number of aromatic nitrogens is 2. The minimum absolute atomic E-state index is 0.0947. The molecule has 0 saturated carbocycles. The number of hydrogen-bond acceptors (Lipinski definition) is 6. The summed E-state index contributed by atoms with van der Waals surface area (Å²) in [5, 5.41) is 13.9. The van der Waals surface area contributed by atoms with Crippen molar-refractivity contribution in [3.05, 3.63) is 46.5 Å². The Morgan fingerprint density at radius 2 is 2.19 bits per heavy atom. The van der Waals surface area contributed by atoms with E-state index in [1.54, 1.807) is 0 Å². The smallest absolute Gasteiger partial charge is 0.311 e. The highest BCUT2D eigenvalue weighted by atomic mass is 19.1. The van der Waals surface area contributed by atoms with Crippen molar-refractivity contribution in [1.29, 1.82) is 0 Å². The lowest BCUT2D eigenvalue weighted by molar-refractivity contribution is -0.385. The number of anilines is 1. The topological polar surface area (TPSA) is 90.2 Å². The first kappa shape index (κ1) is 14.6. The molecule has 2 rings (SSSR count). The van der Waals surface area contributed by atoms with E-state index in [0.717, 1.165) is 31.2 Å². The first-order valence-electron chi connectivity index (χ1n) is 6.28. The number of rotatable bonds is 6. The zero-order valence-corrected chi connectivity index (χ0v) is 11.2. The van der Waals surface area contributed by atoms with E-state index in [1.807, 2.05) is 6.92 Å². The molecule has 0 amide bonds. The van der Waals surface area contributed by atoms with Gasteiger partial charge >= 0.3 is 5.69 Å². The molecule has 8 heteroatoms. The van der Waals surface area contributed by atoms with Crippen LogP contribution < -0.4 is 10.1 Å². The number of nitro benzene ring substituents is 1. The van der Waals surface area contributed by atoms with E-state index in [1.165, 1.54) is 12.4 Å². The number of nitro groups is 1. The first-order chi connectivity index (χ1) is 10.1. The second-order valence-electron chi connectivity index (χ2n) is 4.14. The summed E-state index contributed by atoms with van der Waals surface area (Å²) in [7, 11) is 0. The van der Waals surface area contributed by atoms with E-state index < -0.39 is 10.7 Å². The van der Waals surface area contributed by atoms with Crippen molar-refractivity contribution in [2.45, 2.75) is 13.3 Å². The molecule has 21 heavy (non-hydrogen) atoms. The third kappa shape index (κ3) is 3.85. The summed E-state index contributed by atoms with van der Waals surface area (Å²) >= 11 is 0. The molecule has 0 unspecified atom stereocenters. The molecule has 1 N–H and O–H groups in total. The molecular formula is C13H13FN4O3. The van der Waals surface area contributed by atoms with Crippen LogP contribution >= 0.6 is 0 Å². The van der Waals surface area contributed by atoms with Gasteiger partial charge in [-0.2, -0.15) is 0 Å². The van der Waals surface area contributed by atoms with Gasteiger partial charge in [0.15, 0.2) is 0 Å². The molecule has 0 saturated heterocycles. The third-order valence-corrected chi connectivity index (χ3v) is 2.53. The average Bonchev–Trinajstić information content (AvgIpc) is 2.45. The molecule has 7 nitrogen and oxygen atoms in total. The van der Waals surface area contributed by atoms with Crippen molar-refractivity contribution in [3.8, 4) is 11.6 Å². The van der Waals surface area contributed by atoms with Gasteiger partial charge in [-0.25, -0.2) is 14.4 Å². The summed E-state index contributed by atoms with van der Waals surface area (Å²) in [4.78, 5) is 18.1. The summed E-state index contributed by atoms with van der Waals surface area (Å²) in [6.45, 7) is 2.72. The molecule has 0 spiro atoms. The highest BCUT2D eigenvalue weighted by Crippen LogP contribution is 2.31. The molecule has 0 atom stereocenters. The van der Waals surface area contributed by atoms with Crippen LogP contribution in [0.4, 0.5) is 15.9 Å². The zero-order chi connectivity index (χ0) is 15.2. The van der Waals surface area contributed by atoms with Crippen molar-refractivity contribution >= 4 is 11.5 Å². The molecule has 2 aromatic rings. The van der Waals surface area contributed by atoms with Crippen LogP contribution in [0.3, 0.4) is 0 Å². The molecule has 0 fully saturated rings. The highest BCUT2D eigenvalue weighted by Gasteiger charge is 2.17. The molecule has 0 bridgehead atoms. The van der Waals surface area contributed by atoms with E-state index >= 15 is 0 Å². The van der Waals surface area contributed by atoms with Gasteiger partial charge in [-0.15, -0.1) is 0 Å². The van der Waals surface area contributed by atoms with E-state index in [0.29, 0.717) is 5.82 Å². The van der Waals surface area contributed by atoms with Gasteiger partial charge in [-0.3, -0.25) is 10.1 Å². The van der Waals surface area contributed by atoms with Gasteiger partial charge in [0, 0.05) is 24.7 Å². The summed E-state index contributed by atoms with van der Waals surface area (Å²) in [5.74, 6) is -0.215. The molecule has 1 aromatic carbocycles. The molecule has 110 valence electrons. The second-order valence-corrected chi connectivity index (χ2v) is 4.14. The quantitative estimate of drug-likeness (QED) is 0.649. The van der Waals surface area contributed by atoms with Crippen LogP contribution in [-0.2, 0) is 0 Å². The van der Waals surface area contributed by atoms with E-state index in [4.69, 9.17) is 4.74 Å². The van der Waals surface area contributed by atoms with Gasteiger partial charge in [0.05, 0.1) is 4.92 Å². The molecule has 1 heterocycles. The highest BCUT2D eigenvalue weighted by molar-refractivity contribution is 5.48. The van der Waals surface area contributed by atoms with Crippen LogP contribution in [0, 0.1) is 15.9 Å². The van der Waals surface area contributed by atoms with Crippen LogP contribution in [0.5, 0.6) is 11.6 Å². The minimum atomic E-state index is -0.647. The standard InChI is InChI=1S/C13H13FN4O3/c1-2-5-15-12-7-13(17-8-16-12)21-11-6-9(14)3-4-10(11)18(19)20/h3-4,6-8H,2,5H2,1H3,(H,15,16,17). The Balaban J connectivity index is 2.25. The second kappa shape index (κ2) is 6.60. The number of nitrogens with one attached hydrogen (secondary N) is 1. The predicted octanol–water partition coefficient (Wildman–Crippen LogP) is 3.14. The Labute approximate surface area is 120 Å². The van der Waals surface area contributed by atoms with Crippen LogP contribution in [0.2, 0.25) is 0 Å². The lowest BCUT2D eigenvalue weighted by atomic mass is 10.3. The Kier molecular flexibility index (Phi) is 4.60. The van der Waals surface area contributed by atoms with E-state index in [9.17, 15) is 14.5 Å². The van der Waals surface area contributed by atoms with Crippen molar-refractivity contribution < 1.29 is 14.1 Å². The largest absolute Gasteiger partial charge is 0.431 e. The van der Waals surface area contributed by atoms with Crippen molar-refractivity contribution in [3.63, 3.8) is 0 Å². The number of nitrogens with zero attached hydrogens (tertiary/aromatic N) is 3. The Morgan fingerprint density at radius 3 is 2.90 bits per heavy atom. The van der Waals surface area contributed by atoms with Gasteiger partial charge in [-0.1, -0.05) is 6.92 Å². The maximum Gasteiger partial charge on any atom is 0.311 e. The zero-order valence-electron chi connectivity index (χ0n) is 11.2. The molecule has 1 aromatic heterocycles. The number of ether oxygens (including phenoxy) is 1. The minimum Gasteiger partial charge on any atom is -0.431 e. The third-order valence-electron chi connectivity index (χ3n) is 2.53. The maximum absolute atomic E-state index is 13.2. The molecule has 0 aliphatic rings. The van der Waals surface area contributed by atoms with Crippen LogP contribution in [0.25, 0.3) is 0 Å². The summed E-state index contributed by atoms with van der Waals surface area (Å²) in [6.07, 6.45) is 2.17. The van der Waals surface area contributed by atoms with Gasteiger partial charge < -0.3 is 10.1 Å². The average molecular weight is 292 g/mol. The fraction of sp³-hybridized carbons (Fsp3) is 0.231. The van der Waals surface area contributed by atoms with Gasteiger partial charge in [0.2, 0.25) is 11.6 Å². The van der Waals surface area contributed by atoms with Gasteiger partial charge in [0.25, 0.3) is 0 Å². The van der Waals surface area contributed by atoms with Crippen LogP contribution in [0.1, 0.15) is 13.3 Å². The lowest BCUT2D eigenvalue weighted by Gasteiger charge is -2.07. The SMILES string of the molecule is CCCNc1cc(Oc2cc(F)ccc2[N+](=O)[O-])ncn1. The first-order valence-corrected chi connectivity index (χ1v) is 6.28. The van der Waals surface area contributed by atoms with Crippen LogP contribution in [0.15, 0.2) is 30.6 Å².